The molecule has 4 rings (SSSR count). The van der Waals surface area contributed by atoms with Gasteiger partial charge in [-0.05, 0) is 85.4 Å². The Balaban J connectivity index is 1.26. The first-order chi connectivity index (χ1) is 15.1. The Morgan fingerprint density at radius 2 is 1.65 bits per heavy atom. The maximum Gasteiger partial charge on any atom is 0.227 e. The molecular formula is C25H25Cl2N3O. The zero-order valence-electron chi connectivity index (χ0n) is 17.2. The molecular weight excluding hydrogens is 429 g/mol. The van der Waals surface area contributed by atoms with Crippen LogP contribution in [-0.2, 0) is 17.8 Å². The van der Waals surface area contributed by atoms with Crippen molar-refractivity contribution in [2.75, 3.05) is 18.4 Å². The summed E-state index contributed by atoms with van der Waals surface area (Å²) in [6.07, 6.45) is 6.15. The number of carbonyl (C=O) groups is 1. The number of halogens is 2. The SMILES string of the molecule is O=C(Nc1ccc(Cc2ccncc2)cc1)C1CCN(Cc2ccc(Cl)cc2Cl)CC1. The van der Waals surface area contributed by atoms with Crippen LogP contribution in [0, 0.1) is 5.92 Å². The van der Waals surface area contributed by atoms with E-state index in [9.17, 15) is 4.79 Å². The van der Waals surface area contributed by atoms with E-state index >= 15 is 0 Å². The summed E-state index contributed by atoms with van der Waals surface area (Å²) >= 11 is 12.3. The van der Waals surface area contributed by atoms with E-state index in [1.807, 2.05) is 36.4 Å². The van der Waals surface area contributed by atoms with Crippen LogP contribution in [-0.4, -0.2) is 28.9 Å². The van der Waals surface area contributed by atoms with Gasteiger partial charge in [0.2, 0.25) is 5.91 Å². The third-order valence-corrected chi connectivity index (χ3v) is 6.33. The summed E-state index contributed by atoms with van der Waals surface area (Å²) in [7, 11) is 0. The molecule has 0 bridgehead atoms. The fourth-order valence-corrected chi connectivity index (χ4v) is 4.40. The molecule has 2 heterocycles. The fourth-order valence-electron chi connectivity index (χ4n) is 3.93. The van der Waals surface area contributed by atoms with Crippen molar-refractivity contribution >= 4 is 34.8 Å². The minimum absolute atomic E-state index is 0.0356. The third kappa shape index (κ3) is 6.07. The molecule has 0 spiro atoms. The van der Waals surface area contributed by atoms with Crippen LogP contribution in [0.4, 0.5) is 5.69 Å². The zero-order valence-corrected chi connectivity index (χ0v) is 18.7. The van der Waals surface area contributed by atoms with Gasteiger partial charge in [-0.2, -0.15) is 0 Å². The van der Waals surface area contributed by atoms with Crippen LogP contribution in [0.5, 0.6) is 0 Å². The summed E-state index contributed by atoms with van der Waals surface area (Å²) in [5, 5.41) is 4.42. The monoisotopic (exact) mass is 453 g/mol. The quantitative estimate of drug-likeness (QED) is 0.510. The largest absolute Gasteiger partial charge is 0.326 e. The van der Waals surface area contributed by atoms with E-state index in [1.165, 1.54) is 11.1 Å². The predicted molar refractivity (Wildman–Crippen MR) is 127 cm³/mol. The Kier molecular flexibility index (Phi) is 7.23. The average molecular weight is 454 g/mol. The Morgan fingerprint density at radius 3 is 2.32 bits per heavy atom. The molecule has 1 N–H and O–H groups in total. The highest BCUT2D eigenvalue weighted by Gasteiger charge is 2.25. The van der Waals surface area contributed by atoms with Gasteiger partial charge < -0.3 is 5.32 Å². The molecule has 0 aliphatic carbocycles. The molecule has 3 aromatic rings. The number of nitrogens with zero attached hydrogens (tertiary/aromatic N) is 2. The van der Waals surface area contributed by atoms with Crippen molar-refractivity contribution < 1.29 is 4.79 Å². The summed E-state index contributed by atoms with van der Waals surface area (Å²) in [5.41, 5.74) is 4.34. The van der Waals surface area contributed by atoms with E-state index < -0.39 is 0 Å². The van der Waals surface area contributed by atoms with Crippen LogP contribution in [0.2, 0.25) is 10.0 Å². The maximum atomic E-state index is 12.7. The van der Waals surface area contributed by atoms with E-state index in [-0.39, 0.29) is 11.8 Å². The van der Waals surface area contributed by atoms with Crippen LogP contribution < -0.4 is 5.32 Å². The molecule has 6 heteroatoms. The van der Waals surface area contributed by atoms with Crippen LogP contribution in [0.1, 0.15) is 29.5 Å². The van der Waals surface area contributed by atoms with Crippen molar-refractivity contribution in [3.8, 4) is 0 Å². The molecule has 160 valence electrons. The van der Waals surface area contributed by atoms with E-state index in [4.69, 9.17) is 23.2 Å². The lowest BCUT2D eigenvalue weighted by molar-refractivity contribution is -0.121. The summed E-state index contributed by atoms with van der Waals surface area (Å²) in [5.74, 6) is 0.138. The second kappa shape index (κ2) is 10.3. The van der Waals surface area contributed by atoms with Crippen LogP contribution in [0.3, 0.4) is 0 Å². The van der Waals surface area contributed by atoms with Gasteiger partial charge in [0.25, 0.3) is 0 Å². The summed E-state index contributed by atoms with van der Waals surface area (Å²) in [6, 6.07) is 17.7. The first-order valence-electron chi connectivity index (χ1n) is 10.5. The highest BCUT2D eigenvalue weighted by molar-refractivity contribution is 6.35. The van der Waals surface area contributed by atoms with E-state index in [1.54, 1.807) is 18.5 Å². The number of likely N-dealkylation sites (tertiary alicyclic amines) is 1. The standard InChI is InChI=1S/C25H25Cl2N3O/c26-22-4-3-21(24(27)16-22)17-30-13-9-20(10-14-30)25(31)29-23-5-1-18(2-6-23)15-19-7-11-28-12-8-19/h1-8,11-12,16,20H,9-10,13-15,17H2,(H,29,31). The lowest BCUT2D eigenvalue weighted by Gasteiger charge is -2.31. The van der Waals surface area contributed by atoms with Crippen molar-refractivity contribution in [1.29, 1.82) is 0 Å². The number of hydrogen-bond acceptors (Lipinski definition) is 3. The van der Waals surface area contributed by atoms with Crippen molar-refractivity contribution in [3.63, 3.8) is 0 Å². The van der Waals surface area contributed by atoms with Crippen molar-refractivity contribution in [2.45, 2.75) is 25.8 Å². The van der Waals surface area contributed by atoms with Crippen LogP contribution in [0.15, 0.2) is 67.0 Å². The second-order valence-electron chi connectivity index (χ2n) is 8.00. The molecule has 1 saturated heterocycles. The van der Waals surface area contributed by atoms with Gasteiger partial charge in [-0.1, -0.05) is 41.4 Å². The number of rotatable bonds is 6. The first kappa shape index (κ1) is 21.8. The number of anilines is 1. The second-order valence-corrected chi connectivity index (χ2v) is 8.85. The van der Waals surface area contributed by atoms with E-state index in [2.05, 4.69) is 27.3 Å². The molecule has 0 radical (unpaired) electrons. The Labute approximate surface area is 193 Å². The number of pyridine rings is 1. The van der Waals surface area contributed by atoms with Gasteiger partial charge in [-0.25, -0.2) is 0 Å². The molecule has 31 heavy (non-hydrogen) atoms. The molecule has 4 nitrogen and oxygen atoms in total. The Morgan fingerprint density at radius 1 is 0.968 bits per heavy atom. The minimum atomic E-state index is 0.0356. The predicted octanol–water partition coefficient (Wildman–Crippen LogP) is 5.83. The minimum Gasteiger partial charge on any atom is -0.326 e. The van der Waals surface area contributed by atoms with Gasteiger partial charge in [0.05, 0.1) is 0 Å². The lowest BCUT2D eigenvalue weighted by atomic mass is 9.95. The van der Waals surface area contributed by atoms with Crippen molar-refractivity contribution in [1.82, 2.24) is 9.88 Å². The van der Waals surface area contributed by atoms with E-state index in [0.29, 0.717) is 10.0 Å². The maximum absolute atomic E-state index is 12.7. The van der Waals surface area contributed by atoms with Gasteiger partial charge in [0, 0.05) is 40.6 Å². The highest BCUT2D eigenvalue weighted by atomic mass is 35.5. The third-order valence-electron chi connectivity index (χ3n) is 5.75. The Bertz CT molecular complexity index is 1020. The smallest absolute Gasteiger partial charge is 0.227 e. The first-order valence-corrected chi connectivity index (χ1v) is 11.3. The number of carbonyl (C=O) groups excluding carboxylic acids is 1. The molecule has 0 unspecified atom stereocenters. The number of benzene rings is 2. The normalized spacial score (nSPS) is 15.0. The van der Waals surface area contributed by atoms with Crippen LogP contribution >= 0.6 is 23.2 Å². The molecule has 1 aliphatic rings. The molecule has 0 saturated carbocycles. The fraction of sp³-hybridized carbons (Fsp3) is 0.280. The van der Waals surface area contributed by atoms with Gasteiger partial charge >= 0.3 is 0 Å². The molecule has 2 aromatic carbocycles. The topological polar surface area (TPSA) is 45.2 Å². The zero-order chi connectivity index (χ0) is 21.6. The number of hydrogen-bond donors (Lipinski definition) is 1. The van der Waals surface area contributed by atoms with Gasteiger partial charge in [0.15, 0.2) is 0 Å². The molecule has 1 fully saturated rings. The summed E-state index contributed by atoms with van der Waals surface area (Å²) in [6.45, 7) is 2.53. The summed E-state index contributed by atoms with van der Waals surface area (Å²) < 4.78 is 0. The average Bonchev–Trinajstić information content (AvgIpc) is 2.78. The summed E-state index contributed by atoms with van der Waals surface area (Å²) in [4.78, 5) is 19.1. The molecule has 1 amide bonds. The number of nitrogens with one attached hydrogen (secondary N) is 1. The Hall–Kier alpha value is -2.40. The molecule has 1 aliphatic heterocycles. The number of piperidine rings is 1. The molecule has 1 aromatic heterocycles. The van der Waals surface area contributed by atoms with E-state index in [0.717, 1.165) is 50.1 Å². The number of aromatic nitrogens is 1. The van der Waals surface area contributed by atoms with Crippen molar-refractivity contribution in [3.05, 3.63) is 93.7 Å². The number of amides is 1. The van der Waals surface area contributed by atoms with Gasteiger partial charge in [-0.15, -0.1) is 0 Å². The van der Waals surface area contributed by atoms with Gasteiger partial charge in [-0.3, -0.25) is 14.7 Å². The van der Waals surface area contributed by atoms with Gasteiger partial charge in [0.1, 0.15) is 0 Å². The van der Waals surface area contributed by atoms with Crippen LogP contribution in [0.25, 0.3) is 0 Å². The lowest BCUT2D eigenvalue weighted by Crippen LogP contribution is -2.37. The molecule has 0 atom stereocenters. The van der Waals surface area contributed by atoms with Crippen molar-refractivity contribution in [2.24, 2.45) is 5.92 Å². The highest BCUT2D eigenvalue weighted by Crippen LogP contribution is 2.25.